The molecule has 1 aromatic rings. The molecule has 1 aliphatic rings. The van der Waals surface area contributed by atoms with Crippen LogP contribution in [0.15, 0.2) is 30.3 Å². The summed E-state index contributed by atoms with van der Waals surface area (Å²) in [5, 5.41) is 10.1. The summed E-state index contributed by atoms with van der Waals surface area (Å²) in [6.07, 6.45) is -2.38. The Morgan fingerprint density at radius 3 is 2.23 bits per heavy atom. The molecule has 1 saturated heterocycles. The number of imide groups is 1. The van der Waals surface area contributed by atoms with Gasteiger partial charge in [-0.25, -0.2) is 9.59 Å². The summed E-state index contributed by atoms with van der Waals surface area (Å²) >= 11 is 0. The van der Waals surface area contributed by atoms with Crippen LogP contribution in [0.4, 0.5) is 4.79 Å². The molecule has 3 N–H and O–H groups in total. The van der Waals surface area contributed by atoms with E-state index in [4.69, 9.17) is 10.5 Å². The lowest BCUT2D eigenvalue weighted by atomic mass is 10.2. The number of aliphatic carboxylic acids is 1. The number of nitrogens with two attached hydrogens (primary N) is 1. The van der Waals surface area contributed by atoms with Crippen molar-refractivity contribution in [2.75, 3.05) is 0 Å². The van der Waals surface area contributed by atoms with Crippen LogP contribution < -0.4 is 5.73 Å². The van der Waals surface area contributed by atoms with Crippen LogP contribution in [0.1, 0.15) is 24.8 Å². The molecule has 0 aliphatic carbocycles. The van der Waals surface area contributed by atoms with Gasteiger partial charge >= 0.3 is 12.1 Å². The van der Waals surface area contributed by atoms with Gasteiger partial charge in [0.2, 0.25) is 17.7 Å². The number of carbonyl (C=O) groups excluding carboxylic acids is 4. The van der Waals surface area contributed by atoms with Crippen LogP contribution in [0.25, 0.3) is 0 Å². The molecular formula is C16H17N3O7. The summed E-state index contributed by atoms with van der Waals surface area (Å²) in [7, 11) is 0. The number of carboxylic acids is 1. The molecule has 0 spiro atoms. The molecule has 0 bridgehead atoms. The number of primary amides is 1. The topological polar surface area (TPSA) is 147 Å². The Morgan fingerprint density at radius 1 is 1.15 bits per heavy atom. The molecule has 26 heavy (non-hydrogen) atoms. The fraction of sp³-hybridized carbons (Fsp3) is 0.312. The normalized spacial score (nSPS) is 14.8. The molecule has 1 aromatic carbocycles. The first kappa shape index (κ1) is 18.9. The molecule has 0 unspecified atom stereocenters. The highest BCUT2D eigenvalue weighted by molar-refractivity contribution is 6.03. The first-order valence-electron chi connectivity index (χ1n) is 7.68. The fourth-order valence-corrected chi connectivity index (χ4v) is 2.41. The van der Waals surface area contributed by atoms with Gasteiger partial charge < -0.3 is 15.6 Å². The Kier molecular flexibility index (Phi) is 5.89. The SMILES string of the molecule is NC(=O)C[C@@H](C(=O)O)N(C(=O)OCc1ccccc1)N1C(=O)CCC1=O. The minimum Gasteiger partial charge on any atom is -0.480 e. The predicted octanol–water partition coefficient (Wildman–Crippen LogP) is 0.0178. The lowest BCUT2D eigenvalue weighted by Crippen LogP contribution is -2.57. The number of carbonyl (C=O) groups is 5. The number of benzene rings is 1. The molecule has 0 aromatic heterocycles. The van der Waals surface area contributed by atoms with Gasteiger partial charge in [0.25, 0.3) is 0 Å². The molecule has 4 amide bonds. The highest BCUT2D eigenvalue weighted by Crippen LogP contribution is 2.20. The van der Waals surface area contributed by atoms with Crippen LogP contribution in [0, 0.1) is 0 Å². The second-order valence-electron chi connectivity index (χ2n) is 5.51. The number of nitrogens with zero attached hydrogens (tertiary/aromatic N) is 2. The zero-order valence-electron chi connectivity index (χ0n) is 13.7. The minimum atomic E-state index is -1.85. The maximum atomic E-state index is 12.5. The largest absolute Gasteiger partial charge is 0.480 e. The quantitative estimate of drug-likeness (QED) is 0.649. The van der Waals surface area contributed by atoms with Crippen molar-refractivity contribution in [3.05, 3.63) is 35.9 Å². The number of hydrogen-bond acceptors (Lipinski definition) is 6. The van der Waals surface area contributed by atoms with E-state index < -0.39 is 42.2 Å². The van der Waals surface area contributed by atoms with Crippen molar-refractivity contribution in [1.82, 2.24) is 10.0 Å². The van der Waals surface area contributed by atoms with Crippen LogP contribution in [-0.2, 0) is 30.5 Å². The first-order valence-corrected chi connectivity index (χ1v) is 7.68. The smallest absolute Gasteiger partial charge is 0.430 e. The number of rotatable bonds is 7. The number of carboxylic acid groups (broad SMARTS) is 1. The zero-order chi connectivity index (χ0) is 19.3. The van der Waals surface area contributed by atoms with Gasteiger partial charge in [-0.15, -0.1) is 0 Å². The Balaban J connectivity index is 2.27. The van der Waals surface area contributed by atoms with Crippen molar-refractivity contribution < 1.29 is 33.8 Å². The lowest BCUT2D eigenvalue weighted by molar-refractivity contribution is -0.166. The minimum absolute atomic E-state index is 0.176. The van der Waals surface area contributed by atoms with Crippen molar-refractivity contribution in [2.24, 2.45) is 5.73 Å². The highest BCUT2D eigenvalue weighted by Gasteiger charge is 2.44. The highest BCUT2D eigenvalue weighted by atomic mass is 16.6. The third-order valence-corrected chi connectivity index (χ3v) is 3.61. The molecule has 10 nitrogen and oxygen atoms in total. The van der Waals surface area contributed by atoms with Crippen molar-refractivity contribution in [2.45, 2.75) is 31.9 Å². The summed E-state index contributed by atoms with van der Waals surface area (Å²) < 4.78 is 5.04. The van der Waals surface area contributed by atoms with Crippen molar-refractivity contribution in [3.63, 3.8) is 0 Å². The monoisotopic (exact) mass is 363 g/mol. The van der Waals surface area contributed by atoms with E-state index in [-0.39, 0.29) is 19.4 Å². The summed E-state index contributed by atoms with van der Waals surface area (Å²) in [5.41, 5.74) is 5.65. The van der Waals surface area contributed by atoms with Crippen LogP contribution in [-0.4, -0.2) is 51.0 Å². The van der Waals surface area contributed by atoms with E-state index in [0.29, 0.717) is 15.6 Å². The molecule has 1 atom stereocenters. The molecule has 0 saturated carbocycles. The third-order valence-electron chi connectivity index (χ3n) is 3.61. The second-order valence-corrected chi connectivity index (χ2v) is 5.51. The summed E-state index contributed by atoms with van der Waals surface area (Å²) in [6.45, 7) is -0.213. The van der Waals surface area contributed by atoms with Gasteiger partial charge in [0, 0.05) is 12.8 Å². The van der Waals surface area contributed by atoms with Crippen LogP contribution >= 0.6 is 0 Å². The van der Waals surface area contributed by atoms with E-state index in [1.807, 2.05) is 0 Å². The Hall–Kier alpha value is -3.43. The van der Waals surface area contributed by atoms with Gasteiger partial charge in [-0.1, -0.05) is 30.3 Å². The van der Waals surface area contributed by atoms with Crippen molar-refractivity contribution >= 4 is 29.8 Å². The van der Waals surface area contributed by atoms with Gasteiger partial charge in [-0.2, -0.15) is 10.0 Å². The Morgan fingerprint density at radius 2 is 1.73 bits per heavy atom. The summed E-state index contributed by atoms with van der Waals surface area (Å²) in [6, 6.07) is 6.67. The van der Waals surface area contributed by atoms with Crippen molar-refractivity contribution in [3.8, 4) is 0 Å². The summed E-state index contributed by atoms with van der Waals surface area (Å²) in [4.78, 5) is 59.1. The van der Waals surface area contributed by atoms with Gasteiger partial charge in [0.1, 0.15) is 6.61 Å². The van der Waals surface area contributed by atoms with Gasteiger partial charge in [0.05, 0.1) is 6.42 Å². The first-order chi connectivity index (χ1) is 12.3. The van der Waals surface area contributed by atoms with E-state index in [2.05, 4.69) is 0 Å². The maximum absolute atomic E-state index is 12.5. The molecule has 1 fully saturated rings. The Bertz CT molecular complexity index is 719. The van der Waals surface area contributed by atoms with Crippen LogP contribution in [0.5, 0.6) is 0 Å². The lowest BCUT2D eigenvalue weighted by Gasteiger charge is -2.33. The van der Waals surface area contributed by atoms with Gasteiger partial charge in [0.15, 0.2) is 6.04 Å². The van der Waals surface area contributed by atoms with E-state index in [1.165, 1.54) is 0 Å². The van der Waals surface area contributed by atoms with Crippen LogP contribution in [0.2, 0.25) is 0 Å². The predicted molar refractivity (Wildman–Crippen MR) is 84.8 cm³/mol. The Labute approximate surface area is 148 Å². The van der Waals surface area contributed by atoms with E-state index in [0.717, 1.165) is 0 Å². The number of hydrogen-bond donors (Lipinski definition) is 2. The van der Waals surface area contributed by atoms with E-state index in [1.54, 1.807) is 30.3 Å². The number of amides is 4. The second kappa shape index (κ2) is 8.10. The van der Waals surface area contributed by atoms with Gasteiger partial charge in [-0.3, -0.25) is 14.4 Å². The molecule has 2 rings (SSSR count). The third kappa shape index (κ3) is 4.35. The molecule has 138 valence electrons. The average molecular weight is 363 g/mol. The van der Waals surface area contributed by atoms with Crippen LogP contribution in [0.3, 0.4) is 0 Å². The molecule has 0 radical (unpaired) electrons. The zero-order valence-corrected chi connectivity index (χ0v) is 13.7. The fourth-order valence-electron chi connectivity index (χ4n) is 2.41. The van der Waals surface area contributed by atoms with Gasteiger partial charge in [-0.05, 0) is 5.56 Å². The maximum Gasteiger partial charge on any atom is 0.430 e. The molecule has 10 heteroatoms. The molecular weight excluding hydrogens is 346 g/mol. The van der Waals surface area contributed by atoms with E-state index in [9.17, 15) is 29.1 Å². The standard InChI is InChI=1S/C16H17N3O7/c17-12(20)8-11(15(23)24)18(19-13(21)6-7-14(19)22)16(25)26-9-10-4-2-1-3-5-10/h1-5,11H,6-9H2,(H2,17,20)(H,23,24)/t11-/m0/s1. The van der Waals surface area contributed by atoms with E-state index >= 15 is 0 Å². The molecule has 1 aliphatic heterocycles. The molecule has 1 heterocycles. The number of hydrazine groups is 1. The number of ether oxygens (including phenoxy) is 1. The average Bonchev–Trinajstić information content (AvgIpc) is 2.92. The van der Waals surface area contributed by atoms with Crippen molar-refractivity contribution in [1.29, 1.82) is 0 Å². The summed E-state index contributed by atoms with van der Waals surface area (Å²) in [5.74, 6) is -4.14.